The van der Waals surface area contributed by atoms with Crippen molar-refractivity contribution in [2.24, 2.45) is 0 Å². The summed E-state index contributed by atoms with van der Waals surface area (Å²) < 4.78 is 34.3. The van der Waals surface area contributed by atoms with Crippen molar-refractivity contribution in [1.29, 1.82) is 0 Å². The van der Waals surface area contributed by atoms with E-state index >= 15 is 0 Å². The van der Waals surface area contributed by atoms with Crippen LogP contribution in [-0.2, 0) is 11.2 Å². The van der Waals surface area contributed by atoms with E-state index in [9.17, 15) is 9.90 Å². The highest BCUT2D eigenvalue weighted by atomic mass is 16.7. The third-order valence-electron chi connectivity index (χ3n) is 5.86. The SMILES string of the molecule is C=C(C)[C@@H]1Cc2c(cc(O)c3c(=O)c4c(oc23)[C@H](OC)Oc2cc(OC)c(OC)cc2-4)O1. The van der Waals surface area contributed by atoms with Crippen molar-refractivity contribution < 1.29 is 33.2 Å². The van der Waals surface area contributed by atoms with Crippen molar-refractivity contribution in [2.75, 3.05) is 21.3 Å². The molecule has 3 aromatic rings. The van der Waals surface area contributed by atoms with Gasteiger partial charge in [-0.3, -0.25) is 4.79 Å². The van der Waals surface area contributed by atoms with Gasteiger partial charge in [0.2, 0.25) is 5.43 Å². The van der Waals surface area contributed by atoms with E-state index in [0.29, 0.717) is 40.5 Å². The van der Waals surface area contributed by atoms with E-state index in [1.165, 1.54) is 27.4 Å². The third-order valence-corrected chi connectivity index (χ3v) is 5.86. The molecule has 1 aromatic heterocycles. The van der Waals surface area contributed by atoms with Crippen LogP contribution >= 0.6 is 0 Å². The Hall–Kier alpha value is -3.65. The number of ether oxygens (including phenoxy) is 5. The van der Waals surface area contributed by atoms with Crippen LogP contribution in [0.3, 0.4) is 0 Å². The number of rotatable bonds is 4. The Kier molecular flexibility index (Phi) is 4.56. The second-order valence-corrected chi connectivity index (χ2v) is 7.79. The molecular formula is C24H22O8. The van der Waals surface area contributed by atoms with E-state index in [0.717, 1.165) is 5.57 Å². The Bertz CT molecular complexity index is 1340. The van der Waals surface area contributed by atoms with Crippen molar-refractivity contribution in [3.8, 4) is 39.9 Å². The lowest BCUT2D eigenvalue weighted by molar-refractivity contribution is -0.0717. The minimum absolute atomic E-state index is 0.0750. The molecule has 8 heteroatoms. The Morgan fingerprint density at radius 1 is 1.09 bits per heavy atom. The fraction of sp³-hybridized carbons (Fsp3) is 0.292. The summed E-state index contributed by atoms with van der Waals surface area (Å²) in [7, 11) is 4.47. The highest BCUT2D eigenvalue weighted by Crippen LogP contribution is 2.49. The molecule has 0 fully saturated rings. The zero-order chi connectivity index (χ0) is 22.7. The zero-order valence-corrected chi connectivity index (χ0v) is 18.1. The number of hydrogen-bond donors (Lipinski definition) is 1. The van der Waals surface area contributed by atoms with Crippen molar-refractivity contribution in [3.05, 3.63) is 51.9 Å². The summed E-state index contributed by atoms with van der Waals surface area (Å²) in [6.07, 6.45) is -0.753. The number of phenols is 1. The number of fused-ring (bicyclic) bond motifs is 6. The second kappa shape index (κ2) is 7.20. The molecule has 0 radical (unpaired) electrons. The molecule has 0 bridgehead atoms. The topological polar surface area (TPSA) is 96.6 Å². The molecule has 2 aliphatic heterocycles. The minimum Gasteiger partial charge on any atom is -0.507 e. The van der Waals surface area contributed by atoms with Crippen molar-refractivity contribution in [3.63, 3.8) is 0 Å². The summed E-state index contributed by atoms with van der Waals surface area (Å²) in [4.78, 5) is 13.7. The first kappa shape index (κ1) is 20.3. The predicted molar refractivity (Wildman–Crippen MR) is 116 cm³/mol. The maximum atomic E-state index is 13.7. The molecule has 0 amide bonds. The second-order valence-electron chi connectivity index (χ2n) is 7.79. The summed E-state index contributed by atoms with van der Waals surface area (Å²) in [6.45, 7) is 5.81. The van der Waals surface area contributed by atoms with Gasteiger partial charge in [-0.05, 0) is 18.6 Å². The van der Waals surface area contributed by atoms with Gasteiger partial charge in [0.25, 0.3) is 6.29 Å². The van der Waals surface area contributed by atoms with Crippen LogP contribution in [0.4, 0.5) is 0 Å². The first-order chi connectivity index (χ1) is 15.4. The summed E-state index contributed by atoms with van der Waals surface area (Å²) in [5.41, 5.74) is 2.07. The van der Waals surface area contributed by atoms with Gasteiger partial charge in [0.05, 0.1) is 19.8 Å². The van der Waals surface area contributed by atoms with Crippen molar-refractivity contribution in [1.82, 2.24) is 0 Å². The number of methoxy groups -OCH3 is 3. The molecule has 3 heterocycles. The van der Waals surface area contributed by atoms with E-state index in [1.54, 1.807) is 12.1 Å². The predicted octanol–water partition coefficient (Wildman–Crippen LogP) is 4.10. The Morgan fingerprint density at radius 3 is 2.47 bits per heavy atom. The Balaban J connectivity index is 1.83. The molecule has 2 atom stereocenters. The highest BCUT2D eigenvalue weighted by molar-refractivity contribution is 5.93. The molecule has 5 rings (SSSR count). The molecule has 166 valence electrons. The van der Waals surface area contributed by atoms with Gasteiger partial charge in [0.15, 0.2) is 17.3 Å². The van der Waals surface area contributed by atoms with Crippen LogP contribution in [0.5, 0.6) is 28.7 Å². The molecule has 8 nitrogen and oxygen atoms in total. The van der Waals surface area contributed by atoms with Crippen molar-refractivity contribution >= 4 is 11.0 Å². The van der Waals surface area contributed by atoms with Crippen LogP contribution in [0.15, 0.2) is 39.6 Å². The van der Waals surface area contributed by atoms with Crippen LogP contribution in [0.25, 0.3) is 22.1 Å². The highest BCUT2D eigenvalue weighted by Gasteiger charge is 2.36. The normalized spacial score (nSPS) is 18.2. The standard InChI is InChI=1S/C24H22O8/c1-10(2)14-7-12-15(30-14)8-13(25)20-21(26)19-11-6-17(27-3)18(28-4)9-16(11)31-24(29-5)23(19)32-22(12)20/h6,8-9,14,24-25H,1,7H2,2-5H3/t14-,24+/m0/s1. The molecule has 1 N–H and O–H groups in total. The Morgan fingerprint density at radius 2 is 1.81 bits per heavy atom. The van der Waals surface area contributed by atoms with Gasteiger partial charge in [0.1, 0.15) is 34.3 Å². The zero-order valence-electron chi connectivity index (χ0n) is 18.1. The number of phenolic OH excluding ortho intramolecular Hbond substituents is 1. The molecular weight excluding hydrogens is 416 g/mol. The fourth-order valence-corrected chi connectivity index (χ4v) is 4.24. The number of benzene rings is 2. The van der Waals surface area contributed by atoms with E-state index in [-0.39, 0.29) is 34.1 Å². The molecule has 32 heavy (non-hydrogen) atoms. The smallest absolute Gasteiger partial charge is 0.259 e. The maximum absolute atomic E-state index is 13.7. The molecule has 2 aliphatic rings. The van der Waals surface area contributed by atoms with Gasteiger partial charge in [-0.15, -0.1) is 0 Å². The lowest BCUT2D eigenvalue weighted by Crippen LogP contribution is -2.21. The summed E-state index contributed by atoms with van der Waals surface area (Å²) >= 11 is 0. The van der Waals surface area contributed by atoms with E-state index in [4.69, 9.17) is 28.1 Å². The van der Waals surface area contributed by atoms with Crippen LogP contribution < -0.4 is 24.4 Å². The van der Waals surface area contributed by atoms with Gasteiger partial charge in [-0.25, -0.2) is 0 Å². The van der Waals surface area contributed by atoms with Crippen LogP contribution in [0.1, 0.15) is 24.5 Å². The first-order valence-corrected chi connectivity index (χ1v) is 10.0. The van der Waals surface area contributed by atoms with E-state index < -0.39 is 11.7 Å². The average Bonchev–Trinajstić information content (AvgIpc) is 3.21. The van der Waals surface area contributed by atoms with Gasteiger partial charge in [0, 0.05) is 36.8 Å². The Labute approximate surface area is 183 Å². The monoisotopic (exact) mass is 438 g/mol. The van der Waals surface area contributed by atoms with Crippen LogP contribution in [-0.4, -0.2) is 32.5 Å². The molecule has 0 unspecified atom stereocenters. The number of hydrogen-bond acceptors (Lipinski definition) is 8. The van der Waals surface area contributed by atoms with Gasteiger partial charge in [-0.1, -0.05) is 6.58 Å². The van der Waals surface area contributed by atoms with Gasteiger partial charge in [-0.2, -0.15) is 0 Å². The molecule has 0 spiro atoms. The molecule has 0 aliphatic carbocycles. The first-order valence-electron chi connectivity index (χ1n) is 10.0. The lowest BCUT2D eigenvalue weighted by Gasteiger charge is -2.27. The van der Waals surface area contributed by atoms with E-state index in [2.05, 4.69) is 6.58 Å². The summed E-state index contributed by atoms with van der Waals surface area (Å²) in [6, 6.07) is 4.72. The fourth-order valence-electron chi connectivity index (χ4n) is 4.24. The minimum atomic E-state index is -0.968. The summed E-state index contributed by atoms with van der Waals surface area (Å²) in [5.74, 6) is 1.69. The van der Waals surface area contributed by atoms with Crippen LogP contribution in [0, 0.1) is 0 Å². The quantitative estimate of drug-likeness (QED) is 0.608. The van der Waals surface area contributed by atoms with Crippen molar-refractivity contribution in [2.45, 2.75) is 25.7 Å². The molecule has 0 saturated carbocycles. The molecule has 2 aromatic carbocycles. The van der Waals surface area contributed by atoms with Gasteiger partial charge >= 0.3 is 0 Å². The summed E-state index contributed by atoms with van der Waals surface area (Å²) in [5, 5.41) is 10.8. The van der Waals surface area contributed by atoms with E-state index in [1.807, 2.05) is 6.92 Å². The van der Waals surface area contributed by atoms with Crippen LogP contribution in [0.2, 0.25) is 0 Å². The number of aromatic hydroxyl groups is 1. The average molecular weight is 438 g/mol. The molecule has 0 saturated heterocycles. The largest absolute Gasteiger partial charge is 0.507 e. The lowest BCUT2D eigenvalue weighted by atomic mass is 9.96. The van der Waals surface area contributed by atoms with Gasteiger partial charge < -0.3 is 33.2 Å². The maximum Gasteiger partial charge on any atom is 0.259 e. The third kappa shape index (κ3) is 2.76.